The molecule has 9 heteroatoms. The van der Waals surface area contributed by atoms with Gasteiger partial charge in [0.05, 0.1) is 16.3 Å². The molecule has 0 bridgehead atoms. The lowest BCUT2D eigenvalue weighted by Crippen LogP contribution is -2.44. The van der Waals surface area contributed by atoms with Crippen molar-refractivity contribution in [3.8, 4) is 0 Å². The van der Waals surface area contributed by atoms with Gasteiger partial charge in [0.2, 0.25) is 5.91 Å². The highest BCUT2D eigenvalue weighted by atomic mass is 32.2. The van der Waals surface area contributed by atoms with Gasteiger partial charge in [0.1, 0.15) is 6.04 Å². The smallest absolute Gasteiger partial charge is 0.261 e. The third kappa shape index (κ3) is 4.22. The van der Waals surface area contributed by atoms with Crippen LogP contribution >= 0.6 is 0 Å². The molecule has 0 aromatic heterocycles. The molecule has 34 heavy (non-hydrogen) atoms. The molecule has 2 amide bonds. The number of aryl methyl sites for hydroxylation is 1. The summed E-state index contributed by atoms with van der Waals surface area (Å²) in [6, 6.07) is 20.0. The number of nitrogens with one attached hydrogen (secondary N) is 3. The van der Waals surface area contributed by atoms with Crippen LogP contribution in [0.3, 0.4) is 0 Å². The number of sulfonamides is 1. The minimum Gasteiger partial charge on any atom is -0.356 e. The first kappa shape index (κ1) is 22.0. The Morgan fingerprint density at radius 3 is 2.56 bits per heavy atom. The maximum absolute atomic E-state index is 12.8. The number of benzene rings is 3. The van der Waals surface area contributed by atoms with Crippen LogP contribution in [0, 0.1) is 6.92 Å². The number of fused-ring (bicyclic) bond motifs is 3. The van der Waals surface area contributed by atoms with E-state index in [1.807, 2.05) is 42.2 Å². The second kappa shape index (κ2) is 8.49. The van der Waals surface area contributed by atoms with Crippen molar-refractivity contribution >= 4 is 38.9 Å². The first-order valence-corrected chi connectivity index (χ1v) is 12.5. The summed E-state index contributed by atoms with van der Waals surface area (Å²) in [5.74, 6) is -0.340. The van der Waals surface area contributed by atoms with Gasteiger partial charge in [-0.15, -0.1) is 0 Å². The Morgan fingerprint density at radius 2 is 1.79 bits per heavy atom. The fraction of sp³-hybridized carbons (Fsp3) is 0.200. The third-order valence-electron chi connectivity index (χ3n) is 6.11. The average Bonchev–Trinajstić information content (AvgIpc) is 3.24. The van der Waals surface area contributed by atoms with Crippen LogP contribution in [0.15, 0.2) is 77.7 Å². The van der Waals surface area contributed by atoms with E-state index in [4.69, 9.17) is 0 Å². The van der Waals surface area contributed by atoms with Gasteiger partial charge in [0, 0.05) is 23.8 Å². The number of hydrogen-bond donors (Lipinski definition) is 3. The zero-order valence-electron chi connectivity index (χ0n) is 18.5. The highest BCUT2D eigenvalue weighted by Crippen LogP contribution is 2.36. The summed E-state index contributed by atoms with van der Waals surface area (Å²) in [6.45, 7) is 2.36. The Balaban J connectivity index is 1.25. The molecule has 0 saturated carbocycles. The van der Waals surface area contributed by atoms with E-state index in [0.29, 0.717) is 24.2 Å². The fourth-order valence-corrected chi connectivity index (χ4v) is 5.62. The van der Waals surface area contributed by atoms with Crippen LogP contribution in [-0.2, 0) is 14.8 Å². The summed E-state index contributed by atoms with van der Waals surface area (Å²) < 4.78 is 27.8. The molecule has 2 aliphatic rings. The number of para-hydroxylation sites is 2. The molecule has 3 aromatic rings. The van der Waals surface area contributed by atoms with Gasteiger partial charge in [-0.05, 0) is 67.4 Å². The first-order valence-electron chi connectivity index (χ1n) is 11.0. The molecule has 8 nitrogen and oxygen atoms in total. The molecular weight excluding hydrogens is 452 g/mol. The zero-order chi connectivity index (χ0) is 23.9. The lowest BCUT2D eigenvalue weighted by atomic mass is 10.1. The normalized spacial score (nSPS) is 19.1. The van der Waals surface area contributed by atoms with Crippen LogP contribution < -0.4 is 20.3 Å². The highest BCUT2D eigenvalue weighted by molar-refractivity contribution is 7.92. The largest absolute Gasteiger partial charge is 0.356 e. The minimum absolute atomic E-state index is 0.0688. The van der Waals surface area contributed by atoms with Crippen molar-refractivity contribution < 1.29 is 18.0 Å². The van der Waals surface area contributed by atoms with E-state index in [-0.39, 0.29) is 28.8 Å². The van der Waals surface area contributed by atoms with E-state index in [9.17, 15) is 18.0 Å². The van der Waals surface area contributed by atoms with Gasteiger partial charge in [-0.25, -0.2) is 8.42 Å². The molecular formula is C25H24N4O4S. The molecule has 5 rings (SSSR count). The Hall–Kier alpha value is -3.85. The summed E-state index contributed by atoms with van der Waals surface area (Å²) in [5, 5.41) is 5.93. The Bertz CT molecular complexity index is 1370. The molecule has 3 aromatic carbocycles. The Labute approximate surface area is 198 Å². The van der Waals surface area contributed by atoms with Crippen molar-refractivity contribution in [3.63, 3.8) is 0 Å². The number of hydrogen-bond acceptors (Lipinski definition) is 5. The van der Waals surface area contributed by atoms with Crippen molar-refractivity contribution in [2.75, 3.05) is 21.5 Å². The predicted molar refractivity (Wildman–Crippen MR) is 131 cm³/mol. The topological polar surface area (TPSA) is 108 Å². The van der Waals surface area contributed by atoms with Gasteiger partial charge in [-0.2, -0.15) is 0 Å². The van der Waals surface area contributed by atoms with Crippen LogP contribution in [0.5, 0.6) is 0 Å². The number of nitrogens with zero attached hydrogens (tertiary/aromatic N) is 1. The van der Waals surface area contributed by atoms with E-state index < -0.39 is 10.0 Å². The van der Waals surface area contributed by atoms with Crippen molar-refractivity contribution in [1.29, 1.82) is 0 Å². The van der Waals surface area contributed by atoms with E-state index in [1.165, 1.54) is 6.07 Å². The van der Waals surface area contributed by atoms with Crippen LogP contribution in [0.4, 0.5) is 17.1 Å². The third-order valence-corrected chi connectivity index (χ3v) is 7.49. The standard InChI is InChI=1S/C25H24N4O4S/c1-16-5-4-6-20(13-16)34(32,33)28-18-11-9-17(10-12-18)24(30)26-19-14-23-25(31)27-21-7-2-3-8-22(21)29(23)15-19/h2-13,19,23,28H,14-15H2,1H3,(H,26,30)(H,27,31). The monoisotopic (exact) mass is 476 g/mol. The van der Waals surface area contributed by atoms with Gasteiger partial charge in [-0.3, -0.25) is 14.3 Å². The first-order chi connectivity index (χ1) is 16.3. The molecule has 2 atom stereocenters. The lowest BCUT2D eigenvalue weighted by Gasteiger charge is -2.32. The summed E-state index contributed by atoms with van der Waals surface area (Å²) in [7, 11) is -3.72. The summed E-state index contributed by atoms with van der Waals surface area (Å²) in [4.78, 5) is 27.5. The molecule has 2 heterocycles. The van der Waals surface area contributed by atoms with Gasteiger partial charge < -0.3 is 15.5 Å². The van der Waals surface area contributed by atoms with E-state index in [2.05, 4.69) is 15.4 Å². The molecule has 0 aliphatic carbocycles. The van der Waals surface area contributed by atoms with Gasteiger partial charge in [0.25, 0.3) is 15.9 Å². The van der Waals surface area contributed by atoms with Crippen LogP contribution in [0.1, 0.15) is 22.3 Å². The van der Waals surface area contributed by atoms with Crippen LogP contribution in [-0.4, -0.2) is 38.9 Å². The van der Waals surface area contributed by atoms with Gasteiger partial charge >= 0.3 is 0 Å². The molecule has 1 saturated heterocycles. The number of amides is 2. The van der Waals surface area contributed by atoms with Crippen LogP contribution in [0.25, 0.3) is 0 Å². The zero-order valence-corrected chi connectivity index (χ0v) is 19.3. The summed E-state index contributed by atoms with van der Waals surface area (Å²) >= 11 is 0. The predicted octanol–water partition coefficient (Wildman–Crippen LogP) is 3.13. The summed E-state index contributed by atoms with van der Waals surface area (Å²) in [6.07, 6.45) is 0.514. The molecule has 0 radical (unpaired) electrons. The summed E-state index contributed by atoms with van der Waals surface area (Å²) in [5.41, 5.74) is 3.35. The van der Waals surface area contributed by atoms with Crippen molar-refractivity contribution in [2.45, 2.75) is 30.3 Å². The van der Waals surface area contributed by atoms with Gasteiger partial charge in [-0.1, -0.05) is 24.3 Å². The highest BCUT2D eigenvalue weighted by Gasteiger charge is 2.41. The minimum atomic E-state index is -3.72. The molecule has 2 aliphatic heterocycles. The Morgan fingerprint density at radius 1 is 1.03 bits per heavy atom. The molecule has 1 fully saturated rings. The molecule has 0 spiro atoms. The van der Waals surface area contributed by atoms with E-state index in [1.54, 1.807) is 36.4 Å². The average molecular weight is 477 g/mol. The maximum atomic E-state index is 12.8. The Kier molecular flexibility index (Phi) is 5.49. The maximum Gasteiger partial charge on any atom is 0.261 e. The fourth-order valence-electron chi connectivity index (χ4n) is 4.46. The quantitative estimate of drug-likeness (QED) is 0.525. The lowest BCUT2D eigenvalue weighted by molar-refractivity contribution is -0.117. The molecule has 2 unspecified atom stereocenters. The van der Waals surface area contributed by atoms with Crippen molar-refractivity contribution in [1.82, 2.24) is 5.32 Å². The molecule has 174 valence electrons. The van der Waals surface area contributed by atoms with E-state index >= 15 is 0 Å². The second-order valence-corrected chi connectivity index (χ2v) is 10.3. The number of anilines is 3. The van der Waals surface area contributed by atoms with Crippen LogP contribution in [0.2, 0.25) is 0 Å². The number of carbonyl (C=O) groups is 2. The molecule has 3 N–H and O–H groups in total. The van der Waals surface area contributed by atoms with Crippen molar-refractivity contribution in [3.05, 3.63) is 83.9 Å². The van der Waals surface area contributed by atoms with E-state index in [0.717, 1.165) is 16.9 Å². The second-order valence-electron chi connectivity index (χ2n) is 8.58. The van der Waals surface area contributed by atoms with Gasteiger partial charge in [0.15, 0.2) is 0 Å². The number of carbonyl (C=O) groups excluding carboxylic acids is 2. The SMILES string of the molecule is Cc1cccc(S(=O)(=O)Nc2ccc(C(=O)NC3CC4C(=O)Nc5ccccc5N4C3)cc2)c1. The number of rotatable bonds is 5. The van der Waals surface area contributed by atoms with Crippen molar-refractivity contribution in [2.24, 2.45) is 0 Å².